The van der Waals surface area contributed by atoms with E-state index >= 15 is 0 Å². The van der Waals surface area contributed by atoms with Crippen LogP contribution in [0.3, 0.4) is 0 Å². The van der Waals surface area contributed by atoms with Crippen LogP contribution in [0, 0.1) is 28.6 Å². The summed E-state index contributed by atoms with van der Waals surface area (Å²) in [6, 6.07) is 8.10. The highest BCUT2D eigenvalue weighted by Crippen LogP contribution is 2.12. The van der Waals surface area contributed by atoms with Gasteiger partial charge in [-0.2, -0.15) is 10.5 Å². The molecule has 8 nitrogen and oxygen atoms in total. The van der Waals surface area contributed by atoms with Gasteiger partial charge in [-0.05, 0) is 19.2 Å². The van der Waals surface area contributed by atoms with Crippen molar-refractivity contribution < 1.29 is 4.42 Å². The van der Waals surface area contributed by atoms with Crippen molar-refractivity contribution in [2.24, 2.45) is 10.9 Å². The van der Waals surface area contributed by atoms with E-state index in [9.17, 15) is 0 Å². The smallest absolute Gasteiger partial charge is 0.189 e. The largest absolute Gasteiger partial charge is 0.463 e. The van der Waals surface area contributed by atoms with Crippen LogP contribution in [0.5, 0.6) is 0 Å². The molecule has 8 heteroatoms. The van der Waals surface area contributed by atoms with Crippen LogP contribution in [-0.4, -0.2) is 79.9 Å². The molecule has 1 fully saturated rings. The third-order valence-corrected chi connectivity index (χ3v) is 5.03. The summed E-state index contributed by atoms with van der Waals surface area (Å²) >= 11 is 0. The van der Waals surface area contributed by atoms with E-state index < -0.39 is 5.92 Å². The second kappa shape index (κ2) is 9.52. The number of nitriles is 2. The zero-order valence-corrected chi connectivity index (χ0v) is 15.9. The summed E-state index contributed by atoms with van der Waals surface area (Å²) in [7, 11) is 2.16. The number of furan rings is 1. The van der Waals surface area contributed by atoms with Crippen LogP contribution in [-0.2, 0) is 13.1 Å². The van der Waals surface area contributed by atoms with Gasteiger partial charge in [-0.1, -0.05) is 0 Å². The van der Waals surface area contributed by atoms with Crippen molar-refractivity contribution in [3.63, 3.8) is 0 Å². The highest BCUT2D eigenvalue weighted by molar-refractivity contribution is 5.90. The van der Waals surface area contributed by atoms with Crippen molar-refractivity contribution in [3.8, 4) is 12.1 Å². The highest BCUT2D eigenvalue weighted by atomic mass is 16.3. The number of piperazine rings is 1. The summed E-state index contributed by atoms with van der Waals surface area (Å²) in [6.45, 7) is 8.81. The maximum Gasteiger partial charge on any atom is 0.189 e. The van der Waals surface area contributed by atoms with E-state index in [4.69, 9.17) is 14.9 Å². The minimum absolute atomic E-state index is 0.606. The first-order chi connectivity index (χ1) is 13.2. The number of nitrogens with zero attached hydrogens (tertiary/aromatic N) is 6. The molecule has 0 amide bonds. The number of hydrogen-bond acceptors (Lipinski definition) is 8. The second-order valence-electron chi connectivity index (χ2n) is 7.04. The van der Waals surface area contributed by atoms with Crippen molar-refractivity contribution in [1.82, 2.24) is 20.0 Å². The molecule has 0 unspecified atom stereocenters. The van der Waals surface area contributed by atoms with Gasteiger partial charge in [-0.3, -0.25) is 9.89 Å². The SMILES string of the molecule is CN1CCN(Cc2ccc(CNCCN3CCN=C3C(C#N)C#N)o2)CC1. The maximum absolute atomic E-state index is 9.04. The number of likely N-dealkylation sites (N-methyl/N-ethyl adjacent to an activating group) is 1. The lowest BCUT2D eigenvalue weighted by Gasteiger charge is -2.31. The summed E-state index contributed by atoms with van der Waals surface area (Å²) in [5, 5.41) is 21.5. The summed E-state index contributed by atoms with van der Waals surface area (Å²) in [6.07, 6.45) is 0. The minimum atomic E-state index is -0.769. The first-order valence-corrected chi connectivity index (χ1v) is 9.47. The molecule has 0 atom stereocenters. The van der Waals surface area contributed by atoms with Crippen LogP contribution in [0.1, 0.15) is 11.5 Å². The Balaban J connectivity index is 1.38. The fourth-order valence-electron chi connectivity index (χ4n) is 3.40. The normalized spacial score (nSPS) is 18.5. The Morgan fingerprint density at radius 1 is 1.15 bits per heavy atom. The predicted molar refractivity (Wildman–Crippen MR) is 102 cm³/mol. The van der Waals surface area contributed by atoms with Crippen LogP contribution in [0.4, 0.5) is 0 Å². The van der Waals surface area contributed by atoms with Crippen molar-refractivity contribution >= 4 is 5.84 Å². The molecule has 1 saturated heterocycles. The molecule has 2 aliphatic heterocycles. The standard InChI is InChI=1S/C19H27N7O/c1-24-8-10-25(11-9-24)15-18-3-2-17(27-18)14-22-4-6-26-7-5-23-19(26)16(12-20)13-21/h2-3,16,22H,4-11,14-15H2,1H3. The number of rotatable bonds is 8. The Labute approximate surface area is 160 Å². The van der Waals surface area contributed by atoms with Crippen molar-refractivity contribution in [1.29, 1.82) is 10.5 Å². The maximum atomic E-state index is 9.04. The van der Waals surface area contributed by atoms with E-state index in [1.165, 1.54) is 0 Å². The highest BCUT2D eigenvalue weighted by Gasteiger charge is 2.24. The predicted octanol–water partition coefficient (Wildman–Crippen LogP) is 0.494. The summed E-state index contributed by atoms with van der Waals surface area (Å²) < 4.78 is 5.94. The molecule has 0 radical (unpaired) electrons. The lowest BCUT2D eigenvalue weighted by Crippen LogP contribution is -2.43. The van der Waals surface area contributed by atoms with E-state index in [0.717, 1.165) is 63.9 Å². The molecule has 0 aliphatic carbocycles. The second-order valence-corrected chi connectivity index (χ2v) is 7.04. The van der Waals surface area contributed by atoms with E-state index in [-0.39, 0.29) is 0 Å². The number of aliphatic imine (C=N–C) groups is 1. The fourth-order valence-corrected chi connectivity index (χ4v) is 3.40. The third-order valence-electron chi connectivity index (χ3n) is 5.03. The average molecular weight is 369 g/mol. The molecular formula is C19H27N7O. The molecule has 1 N–H and O–H groups in total. The molecule has 1 aromatic heterocycles. The van der Waals surface area contributed by atoms with Gasteiger partial charge in [0.25, 0.3) is 0 Å². The lowest BCUT2D eigenvalue weighted by molar-refractivity contribution is 0.139. The summed E-state index contributed by atoms with van der Waals surface area (Å²) in [5.41, 5.74) is 0. The summed E-state index contributed by atoms with van der Waals surface area (Å²) in [4.78, 5) is 11.1. The van der Waals surface area contributed by atoms with Crippen molar-refractivity contribution in [2.45, 2.75) is 13.1 Å². The van der Waals surface area contributed by atoms with Gasteiger partial charge < -0.3 is 19.5 Å². The molecular weight excluding hydrogens is 342 g/mol. The number of hydrogen-bond donors (Lipinski definition) is 1. The van der Waals surface area contributed by atoms with E-state index in [1.807, 2.05) is 23.1 Å². The number of nitrogens with one attached hydrogen (secondary N) is 1. The van der Waals surface area contributed by atoms with Gasteiger partial charge in [0.05, 0.1) is 31.8 Å². The Bertz CT molecular complexity index is 707. The monoisotopic (exact) mass is 369 g/mol. The molecule has 3 heterocycles. The molecule has 0 bridgehead atoms. The van der Waals surface area contributed by atoms with E-state index in [0.29, 0.717) is 18.9 Å². The Morgan fingerprint density at radius 2 is 1.89 bits per heavy atom. The lowest BCUT2D eigenvalue weighted by atomic mass is 10.1. The first kappa shape index (κ1) is 19.4. The van der Waals surface area contributed by atoms with Gasteiger partial charge in [0, 0.05) is 45.8 Å². The molecule has 0 saturated carbocycles. The van der Waals surface area contributed by atoms with Gasteiger partial charge in [-0.15, -0.1) is 0 Å². The van der Waals surface area contributed by atoms with Gasteiger partial charge in [0.2, 0.25) is 0 Å². The third kappa shape index (κ3) is 5.30. The molecule has 2 aliphatic rings. The van der Waals surface area contributed by atoms with Gasteiger partial charge in [-0.25, -0.2) is 0 Å². The average Bonchev–Trinajstić information content (AvgIpc) is 3.32. The Kier molecular flexibility index (Phi) is 6.83. The first-order valence-electron chi connectivity index (χ1n) is 9.47. The number of amidine groups is 1. The van der Waals surface area contributed by atoms with Crippen molar-refractivity contribution in [3.05, 3.63) is 23.7 Å². The van der Waals surface area contributed by atoms with E-state index in [1.54, 1.807) is 0 Å². The van der Waals surface area contributed by atoms with Crippen LogP contribution in [0.15, 0.2) is 21.5 Å². The summed E-state index contributed by atoms with van der Waals surface area (Å²) in [5.74, 6) is 1.78. The zero-order valence-electron chi connectivity index (χ0n) is 15.9. The van der Waals surface area contributed by atoms with Crippen LogP contribution < -0.4 is 5.32 Å². The van der Waals surface area contributed by atoms with Crippen LogP contribution in [0.25, 0.3) is 0 Å². The Hall–Kier alpha value is -2.39. The Morgan fingerprint density at radius 3 is 2.63 bits per heavy atom. The van der Waals surface area contributed by atoms with Gasteiger partial charge >= 0.3 is 0 Å². The minimum Gasteiger partial charge on any atom is -0.463 e. The van der Waals surface area contributed by atoms with Gasteiger partial charge in [0.1, 0.15) is 17.4 Å². The molecule has 3 rings (SSSR count). The molecule has 27 heavy (non-hydrogen) atoms. The van der Waals surface area contributed by atoms with Crippen molar-refractivity contribution in [2.75, 3.05) is 59.4 Å². The van der Waals surface area contributed by atoms with Crippen LogP contribution >= 0.6 is 0 Å². The molecule has 144 valence electrons. The molecule has 0 aromatic carbocycles. The molecule has 1 aromatic rings. The quantitative estimate of drug-likeness (QED) is 0.667. The van der Waals surface area contributed by atoms with Gasteiger partial charge in [0.15, 0.2) is 5.92 Å². The molecule has 0 spiro atoms. The zero-order chi connectivity index (χ0) is 19.1. The fraction of sp³-hybridized carbons (Fsp3) is 0.632. The van der Waals surface area contributed by atoms with Crippen LogP contribution in [0.2, 0.25) is 0 Å². The van der Waals surface area contributed by atoms with E-state index in [2.05, 4.69) is 33.2 Å². The topological polar surface area (TPSA) is 94.8 Å².